The molecule has 0 unspecified atom stereocenters. The van der Waals surface area contributed by atoms with Crippen LogP contribution in [0.15, 0.2) is 42.5 Å². The van der Waals surface area contributed by atoms with Crippen molar-refractivity contribution in [1.29, 1.82) is 0 Å². The molecule has 1 amide bonds. The first kappa shape index (κ1) is 22.0. The first-order valence-electron chi connectivity index (χ1n) is 9.31. The zero-order chi connectivity index (χ0) is 22.4. The van der Waals surface area contributed by atoms with Gasteiger partial charge in [-0.25, -0.2) is 0 Å². The van der Waals surface area contributed by atoms with Crippen molar-refractivity contribution in [3.8, 4) is 17.2 Å². The van der Waals surface area contributed by atoms with E-state index in [2.05, 4.69) is 14.8 Å². The summed E-state index contributed by atoms with van der Waals surface area (Å²) in [4.78, 5) is 34.8. The van der Waals surface area contributed by atoms with Crippen LogP contribution < -0.4 is 19.5 Å². The maximum Gasteiger partial charge on any atom is 0.586 e. The Bertz CT molecular complexity index is 976. The predicted molar refractivity (Wildman–Crippen MR) is 103 cm³/mol. The fourth-order valence-corrected chi connectivity index (χ4v) is 2.63. The van der Waals surface area contributed by atoms with Crippen LogP contribution in [0.4, 0.5) is 14.5 Å². The van der Waals surface area contributed by atoms with Gasteiger partial charge in [0, 0.05) is 23.7 Å². The van der Waals surface area contributed by atoms with E-state index in [-0.39, 0.29) is 36.0 Å². The van der Waals surface area contributed by atoms with Crippen LogP contribution in [0.2, 0.25) is 0 Å². The van der Waals surface area contributed by atoms with Gasteiger partial charge >= 0.3 is 12.3 Å². The van der Waals surface area contributed by atoms with E-state index in [1.54, 1.807) is 24.3 Å². The topological polar surface area (TPSA) is 100 Å². The number of ketones is 1. The van der Waals surface area contributed by atoms with Crippen LogP contribution in [0.5, 0.6) is 17.2 Å². The maximum absolute atomic E-state index is 13.0. The molecule has 2 aromatic carbocycles. The average Bonchev–Trinajstić information content (AvgIpc) is 3.03. The molecule has 0 saturated carbocycles. The number of carbonyl (C=O) groups is 3. The summed E-state index contributed by atoms with van der Waals surface area (Å²) in [5.74, 6) is -1.06. The number of esters is 1. The molecule has 0 aliphatic carbocycles. The van der Waals surface area contributed by atoms with Crippen molar-refractivity contribution in [2.24, 2.45) is 0 Å². The lowest BCUT2D eigenvalue weighted by molar-refractivity contribution is -0.286. The lowest BCUT2D eigenvalue weighted by atomic mass is 10.1. The summed E-state index contributed by atoms with van der Waals surface area (Å²) < 4.78 is 44.9. The number of carbonyl (C=O) groups excluding carboxylic acids is 3. The lowest BCUT2D eigenvalue weighted by Crippen LogP contribution is -2.25. The number of ether oxygens (including phenoxy) is 4. The van der Waals surface area contributed by atoms with Gasteiger partial charge in [-0.15, -0.1) is 8.78 Å². The summed E-state index contributed by atoms with van der Waals surface area (Å²) in [5, 5.41) is 2.41. The second kappa shape index (κ2) is 9.41. The van der Waals surface area contributed by atoms with Crippen LogP contribution in [-0.2, 0) is 14.3 Å². The minimum absolute atomic E-state index is 0.0396. The van der Waals surface area contributed by atoms with Crippen LogP contribution in [-0.4, -0.2) is 37.2 Å². The van der Waals surface area contributed by atoms with Gasteiger partial charge in [0.25, 0.3) is 5.91 Å². The summed E-state index contributed by atoms with van der Waals surface area (Å²) in [6.07, 6.45) is -3.34. The summed E-state index contributed by atoms with van der Waals surface area (Å²) in [6, 6.07) is 10.4. The number of nitrogens with one attached hydrogen (secondary N) is 1. The number of fused-ring (bicyclic) bond motifs is 1. The Hall–Kier alpha value is -3.69. The van der Waals surface area contributed by atoms with Crippen molar-refractivity contribution in [1.82, 2.24) is 0 Å². The number of amides is 1. The van der Waals surface area contributed by atoms with Crippen molar-refractivity contribution in [3.05, 3.63) is 48.0 Å². The largest absolute Gasteiger partial charge is 0.586 e. The maximum atomic E-state index is 13.0. The molecule has 8 nitrogen and oxygen atoms in total. The van der Waals surface area contributed by atoms with Gasteiger partial charge in [-0.1, -0.05) is 0 Å². The van der Waals surface area contributed by atoms with Gasteiger partial charge in [-0.2, -0.15) is 0 Å². The molecule has 0 saturated heterocycles. The van der Waals surface area contributed by atoms with Gasteiger partial charge in [0.2, 0.25) is 0 Å². The number of Topliss-reactive ketones (excluding diaryl/α,β-unsaturated/α-hetero) is 1. The van der Waals surface area contributed by atoms with E-state index >= 15 is 0 Å². The monoisotopic (exact) mass is 435 g/mol. The molecule has 1 aliphatic heterocycles. The normalized spacial score (nSPS) is 13.4. The molecular weight excluding hydrogens is 416 g/mol. The number of halogens is 2. The second-order valence-corrected chi connectivity index (χ2v) is 6.57. The Morgan fingerprint density at radius 1 is 1.03 bits per heavy atom. The molecule has 10 heteroatoms. The lowest BCUT2D eigenvalue weighted by Gasteiger charge is -2.08. The molecule has 0 fully saturated rings. The Labute approximate surface area is 176 Å². The molecule has 0 aromatic heterocycles. The Morgan fingerprint density at radius 3 is 2.45 bits per heavy atom. The van der Waals surface area contributed by atoms with Gasteiger partial charge in [0.05, 0.1) is 6.61 Å². The standard InChI is InChI=1S/C21H19F2NO7/c1-13(25)14-4-7-16(8-5-14)28-10-2-3-20(27)29-12-19(26)24-15-6-9-17-18(11-15)31-21(22,23)30-17/h4-9,11H,2-3,10,12H2,1H3,(H,24,26). The third-order valence-electron chi connectivity index (χ3n) is 4.10. The highest BCUT2D eigenvalue weighted by Crippen LogP contribution is 2.42. The third kappa shape index (κ3) is 6.39. The highest BCUT2D eigenvalue weighted by Gasteiger charge is 2.43. The minimum Gasteiger partial charge on any atom is -0.494 e. The fourth-order valence-electron chi connectivity index (χ4n) is 2.63. The fraction of sp³-hybridized carbons (Fsp3) is 0.286. The number of benzene rings is 2. The summed E-state index contributed by atoms with van der Waals surface area (Å²) in [6.45, 7) is 1.19. The molecule has 1 N–H and O–H groups in total. The summed E-state index contributed by atoms with van der Waals surface area (Å²) in [5.41, 5.74) is 0.762. The van der Waals surface area contributed by atoms with E-state index in [0.29, 0.717) is 17.7 Å². The van der Waals surface area contributed by atoms with Crippen molar-refractivity contribution in [2.75, 3.05) is 18.5 Å². The first-order valence-corrected chi connectivity index (χ1v) is 9.31. The molecule has 3 rings (SSSR count). The van der Waals surface area contributed by atoms with Crippen LogP contribution in [0, 0.1) is 0 Å². The van der Waals surface area contributed by atoms with Gasteiger partial charge in [0.15, 0.2) is 23.9 Å². The molecule has 1 aliphatic rings. The number of alkyl halides is 2. The van der Waals surface area contributed by atoms with Gasteiger partial charge in [0.1, 0.15) is 5.75 Å². The van der Waals surface area contributed by atoms with Crippen LogP contribution in [0.3, 0.4) is 0 Å². The second-order valence-electron chi connectivity index (χ2n) is 6.57. The third-order valence-corrected chi connectivity index (χ3v) is 4.10. The van der Waals surface area contributed by atoms with Crippen molar-refractivity contribution in [3.63, 3.8) is 0 Å². The van der Waals surface area contributed by atoms with E-state index in [1.807, 2.05) is 0 Å². The molecule has 0 radical (unpaired) electrons. The summed E-state index contributed by atoms with van der Waals surface area (Å²) in [7, 11) is 0. The molecule has 164 valence electrons. The van der Waals surface area contributed by atoms with Crippen LogP contribution in [0.1, 0.15) is 30.1 Å². The first-order chi connectivity index (χ1) is 14.7. The minimum atomic E-state index is -3.75. The van der Waals surface area contributed by atoms with Crippen molar-refractivity contribution in [2.45, 2.75) is 26.1 Å². The van der Waals surface area contributed by atoms with Gasteiger partial charge < -0.3 is 24.3 Å². The highest BCUT2D eigenvalue weighted by atomic mass is 19.3. The Balaban J connectivity index is 1.33. The van der Waals surface area contributed by atoms with E-state index in [0.717, 1.165) is 0 Å². The SMILES string of the molecule is CC(=O)c1ccc(OCCCC(=O)OCC(=O)Nc2ccc3c(c2)OC(F)(F)O3)cc1. The zero-order valence-electron chi connectivity index (χ0n) is 16.5. The molecule has 0 atom stereocenters. The number of hydrogen-bond donors (Lipinski definition) is 1. The zero-order valence-corrected chi connectivity index (χ0v) is 16.5. The van der Waals surface area contributed by atoms with E-state index in [1.165, 1.54) is 25.1 Å². The molecule has 0 spiro atoms. The van der Waals surface area contributed by atoms with Gasteiger partial charge in [-0.3, -0.25) is 14.4 Å². The van der Waals surface area contributed by atoms with Crippen LogP contribution >= 0.6 is 0 Å². The quantitative estimate of drug-likeness (QED) is 0.365. The van der Waals surface area contributed by atoms with E-state index in [4.69, 9.17) is 9.47 Å². The van der Waals surface area contributed by atoms with Crippen molar-refractivity contribution >= 4 is 23.3 Å². The number of anilines is 1. The predicted octanol–water partition coefficient (Wildman–Crippen LogP) is 3.55. The molecule has 2 aromatic rings. The molecule has 1 heterocycles. The van der Waals surface area contributed by atoms with Gasteiger partial charge in [-0.05, 0) is 49.7 Å². The van der Waals surface area contributed by atoms with Crippen LogP contribution in [0.25, 0.3) is 0 Å². The van der Waals surface area contributed by atoms with Crippen molar-refractivity contribution < 1.29 is 42.1 Å². The van der Waals surface area contributed by atoms with E-state index < -0.39 is 24.8 Å². The highest BCUT2D eigenvalue weighted by molar-refractivity contribution is 5.94. The number of hydrogen-bond acceptors (Lipinski definition) is 7. The Morgan fingerprint density at radius 2 is 1.74 bits per heavy atom. The smallest absolute Gasteiger partial charge is 0.494 e. The summed E-state index contributed by atoms with van der Waals surface area (Å²) >= 11 is 0. The molecule has 31 heavy (non-hydrogen) atoms. The Kier molecular flexibility index (Phi) is 6.68. The number of rotatable bonds is 9. The molecular formula is C21H19F2NO7. The molecule has 0 bridgehead atoms. The van der Waals surface area contributed by atoms with E-state index in [9.17, 15) is 23.2 Å². The average molecular weight is 435 g/mol.